The highest BCUT2D eigenvalue weighted by atomic mass is 16.1. The summed E-state index contributed by atoms with van der Waals surface area (Å²) in [5.74, 6) is 1.51. The molecule has 1 N–H and O–H groups in total. The van der Waals surface area contributed by atoms with E-state index in [0.717, 1.165) is 18.6 Å². The Labute approximate surface area is 87.5 Å². The quantitative estimate of drug-likeness (QED) is 0.686. The number of nitrogens with one attached hydrogen (secondary N) is 1. The topological polar surface area (TPSA) is 29.1 Å². The number of carbonyl (C=O) groups is 1. The van der Waals surface area contributed by atoms with Crippen LogP contribution in [0.5, 0.6) is 0 Å². The van der Waals surface area contributed by atoms with E-state index in [9.17, 15) is 4.79 Å². The van der Waals surface area contributed by atoms with Crippen molar-refractivity contribution in [1.29, 1.82) is 0 Å². The van der Waals surface area contributed by atoms with E-state index in [1.54, 1.807) is 0 Å². The lowest BCUT2D eigenvalue weighted by molar-refractivity contribution is -0.109. The fourth-order valence-corrected chi connectivity index (χ4v) is 2.32. The lowest BCUT2D eigenvalue weighted by Crippen LogP contribution is -2.35. The molecular formula is C12H23NO. The lowest BCUT2D eigenvalue weighted by atomic mass is 9.89. The van der Waals surface area contributed by atoms with Gasteiger partial charge < -0.3 is 10.1 Å². The van der Waals surface area contributed by atoms with Crippen molar-refractivity contribution in [2.24, 2.45) is 11.8 Å². The van der Waals surface area contributed by atoms with Gasteiger partial charge in [0.05, 0.1) is 6.04 Å². The van der Waals surface area contributed by atoms with Gasteiger partial charge in [-0.25, -0.2) is 0 Å². The predicted molar refractivity (Wildman–Crippen MR) is 59.2 cm³/mol. The third-order valence-corrected chi connectivity index (χ3v) is 3.54. The van der Waals surface area contributed by atoms with Crippen LogP contribution in [0, 0.1) is 11.8 Å². The molecule has 0 aliphatic carbocycles. The zero-order chi connectivity index (χ0) is 10.6. The first-order valence-electron chi connectivity index (χ1n) is 5.88. The Kier molecular flexibility index (Phi) is 4.59. The van der Waals surface area contributed by atoms with Crippen molar-refractivity contribution in [1.82, 2.24) is 5.32 Å². The summed E-state index contributed by atoms with van der Waals surface area (Å²) in [5.41, 5.74) is 0. The molecular weight excluding hydrogens is 174 g/mol. The molecule has 1 aliphatic rings. The molecule has 1 rings (SSSR count). The molecule has 1 heterocycles. The zero-order valence-corrected chi connectivity index (χ0v) is 9.62. The van der Waals surface area contributed by atoms with E-state index >= 15 is 0 Å². The van der Waals surface area contributed by atoms with Crippen LogP contribution in [-0.4, -0.2) is 18.4 Å². The van der Waals surface area contributed by atoms with Gasteiger partial charge in [-0.05, 0) is 31.1 Å². The minimum Gasteiger partial charge on any atom is -0.305 e. The summed E-state index contributed by atoms with van der Waals surface area (Å²) in [4.78, 5) is 10.6. The summed E-state index contributed by atoms with van der Waals surface area (Å²) in [5, 5.41) is 3.40. The first-order chi connectivity index (χ1) is 6.67. The molecule has 0 aromatic rings. The summed E-state index contributed by atoms with van der Waals surface area (Å²) < 4.78 is 0. The standard InChI is InChI=1S/C12H23NO/c1-4-9(2)7-10(3)12-6-5-11(8-14)13-12/h8-13H,4-7H2,1-3H3. The van der Waals surface area contributed by atoms with Crippen molar-refractivity contribution in [3.63, 3.8) is 0 Å². The number of hydrogen-bond donors (Lipinski definition) is 1. The van der Waals surface area contributed by atoms with Gasteiger partial charge in [0.1, 0.15) is 6.29 Å². The van der Waals surface area contributed by atoms with Crippen LogP contribution in [0.15, 0.2) is 0 Å². The molecule has 82 valence electrons. The van der Waals surface area contributed by atoms with Crippen molar-refractivity contribution in [3.05, 3.63) is 0 Å². The monoisotopic (exact) mass is 197 g/mol. The van der Waals surface area contributed by atoms with Crippen LogP contribution in [0.3, 0.4) is 0 Å². The van der Waals surface area contributed by atoms with Crippen molar-refractivity contribution < 1.29 is 4.79 Å². The van der Waals surface area contributed by atoms with Crippen molar-refractivity contribution in [2.75, 3.05) is 0 Å². The van der Waals surface area contributed by atoms with E-state index in [2.05, 4.69) is 26.1 Å². The molecule has 0 bridgehead atoms. The van der Waals surface area contributed by atoms with Gasteiger partial charge in [-0.1, -0.05) is 27.2 Å². The third-order valence-electron chi connectivity index (χ3n) is 3.54. The van der Waals surface area contributed by atoms with Crippen LogP contribution in [0.1, 0.15) is 46.5 Å². The van der Waals surface area contributed by atoms with Crippen molar-refractivity contribution in [3.8, 4) is 0 Å². The van der Waals surface area contributed by atoms with Gasteiger partial charge in [-0.15, -0.1) is 0 Å². The number of aldehydes is 1. The maximum absolute atomic E-state index is 10.6. The third kappa shape index (κ3) is 3.09. The molecule has 1 aliphatic heterocycles. The second-order valence-corrected chi connectivity index (χ2v) is 4.82. The van der Waals surface area contributed by atoms with Crippen molar-refractivity contribution >= 4 is 6.29 Å². The molecule has 4 atom stereocenters. The lowest BCUT2D eigenvalue weighted by Gasteiger charge is -2.22. The van der Waals surface area contributed by atoms with Gasteiger partial charge in [0.25, 0.3) is 0 Å². The van der Waals surface area contributed by atoms with Crippen LogP contribution in [0.25, 0.3) is 0 Å². The Morgan fingerprint density at radius 2 is 2.14 bits per heavy atom. The molecule has 1 saturated heterocycles. The van der Waals surface area contributed by atoms with Crippen LogP contribution >= 0.6 is 0 Å². The molecule has 0 spiro atoms. The van der Waals surface area contributed by atoms with Crippen LogP contribution in [-0.2, 0) is 4.79 Å². The summed E-state index contributed by atoms with van der Waals surface area (Å²) in [6.45, 7) is 6.85. The molecule has 0 radical (unpaired) electrons. The van der Waals surface area contributed by atoms with E-state index in [-0.39, 0.29) is 6.04 Å². The van der Waals surface area contributed by atoms with E-state index < -0.39 is 0 Å². The molecule has 2 heteroatoms. The molecule has 0 amide bonds. The number of carbonyl (C=O) groups excluding carboxylic acids is 1. The highest BCUT2D eigenvalue weighted by molar-refractivity contribution is 5.58. The van der Waals surface area contributed by atoms with Gasteiger partial charge in [-0.2, -0.15) is 0 Å². The largest absolute Gasteiger partial charge is 0.305 e. The highest BCUT2D eigenvalue weighted by Gasteiger charge is 2.27. The van der Waals surface area contributed by atoms with E-state index in [4.69, 9.17) is 0 Å². The zero-order valence-electron chi connectivity index (χ0n) is 9.62. The van der Waals surface area contributed by atoms with Gasteiger partial charge >= 0.3 is 0 Å². The van der Waals surface area contributed by atoms with Crippen LogP contribution < -0.4 is 5.32 Å². The minimum atomic E-state index is 0.124. The summed E-state index contributed by atoms with van der Waals surface area (Å²) >= 11 is 0. The van der Waals surface area contributed by atoms with Gasteiger partial charge in [-0.3, -0.25) is 0 Å². The van der Waals surface area contributed by atoms with Gasteiger partial charge in [0, 0.05) is 6.04 Å². The van der Waals surface area contributed by atoms with Crippen LogP contribution in [0.2, 0.25) is 0 Å². The molecule has 2 nitrogen and oxygen atoms in total. The normalized spacial score (nSPS) is 31.4. The number of hydrogen-bond acceptors (Lipinski definition) is 2. The Balaban J connectivity index is 2.31. The van der Waals surface area contributed by atoms with E-state index in [0.29, 0.717) is 12.0 Å². The summed E-state index contributed by atoms with van der Waals surface area (Å²) in [6.07, 6.45) is 5.78. The predicted octanol–water partition coefficient (Wildman–Crippen LogP) is 2.38. The minimum absolute atomic E-state index is 0.124. The van der Waals surface area contributed by atoms with E-state index in [1.165, 1.54) is 19.3 Å². The first kappa shape index (κ1) is 11.7. The second kappa shape index (κ2) is 5.50. The summed E-state index contributed by atoms with van der Waals surface area (Å²) in [6, 6.07) is 0.693. The maximum atomic E-state index is 10.6. The average molecular weight is 197 g/mol. The SMILES string of the molecule is CCC(C)CC(C)C1CCC(C=O)N1. The number of rotatable bonds is 5. The second-order valence-electron chi connectivity index (χ2n) is 4.82. The fourth-order valence-electron chi connectivity index (χ4n) is 2.32. The van der Waals surface area contributed by atoms with Gasteiger partial charge in [0.2, 0.25) is 0 Å². The smallest absolute Gasteiger partial charge is 0.136 e. The Hall–Kier alpha value is -0.370. The van der Waals surface area contributed by atoms with E-state index in [1.807, 2.05) is 0 Å². The van der Waals surface area contributed by atoms with Gasteiger partial charge in [0.15, 0.2) is 0 Å². The van der Waals surface area contributed by atoms with Crippen molar-refractivity contribution in [2.45, 2.75) is 58.5 Å². The van der Waals surface area contributed by atoms with Crippen LogP contribution in [0.4, 0.5) is 0 Å². The maximum Gasteiger partial charge on any atom is 0.136 e. The Bertz CT molecular complexity index is 181. The molecule has 14 heavy (non-hydrogen) atoms. The molecule has 0 aromatic heterocycles. The first-order valence-corrected chi connectivity index (χ1v) is 5.88. The fraction of sp³-hybridized carbons (Fsp3) is 0.917. The molecule has 4 unspecified atom stereocenters. The molecule has 0 saturated carbocycles. The molecule has 0 aromatic carbocycles. The summed E-state index contributed by atoms with van der Waals surface area (Å²) in [7, 11) is 0. The average Bonchev–Trinajstić information content (AvgIpc) is 2.65. The Morgan fingerprint density at radius 1 is 1.43 bits per heavy atom. The molecule has 1 fully saturated rings. The Morgan fingerprint density at radius 3 is 2.64 bits per heavy atom. The highest BCUT2D eigenvalue weighted by Crippen LogP contribution is 2.24.